The lowest BCUT2D eigenvalue weighted by Gasteiger charge is -2.25. The molecule has 0 aliphatic carbocycles. The largest absolute Gasteiger partial charge is 0.378 e. The summed E-state index contributed by atoms with van der Waals surface area (Å²) in [4.78, 5) is 17.2. The van der Waals surface area contributed by atoms with Crippen molar-refractivity contribution in [3.63, 3.8) is 0 Å². The van der Waals surface area contributed by atoms with Crippen molar-refractivity contribution >= 4 is 38.3 Å². The SMILES string of the molecule is Cn1c(=O)c(Nc2ncccc2C2COCCN2)cc2cc(Br)c(F)cc21. The third-order valence-electron chi connectivity index (χ3n) is 4.65. The summed E-state index contributed by atoms with van der Waals surface area (Å²) < 4.78 is 21.2. The molecule has 0 bridgehead atoms. The van der Waals surface area contributed by atoms with Crippen LogP contribution in [-0.4, -0.2) is 29.3 Å². The van der Waals surface area contributed by atoms with Crippen LogP contribution in [0.3, 0.4) is 0 Å². The van der Waals surface area contributed by atoms with Gasteiger partial charge in [-0.1, -0.05) is 6.07 Å². The fourth-order valence-corrected chi connectivity index (χ4v) is 3.61. The molecule has 140 valence electrons. The standard InChI is InChI=1S/C19H18BrFN4O2/c1-25-17-9-14(21)13(20)7-11(17)8-15(19(25)26)24-18-12(3-2-4-23-18)16-10-27-6-5-22-16/h2-4,7-9,16,22H,5-6,10H2,1H3,(H,23,24). The van der Waals surface area contributed by atoms with Crippen LogP contribution in [0.1, 0.15) is 11.6 Å². The predicted molar refractivity (Wildman–Crippen MR) is 106 cm³/mol. The van der Waals surface area contributed by atoms with E-state index in [0.29, 0.717) is 34.7 Å². The number of aryl methyl sites for hydroxylation is 1. The summed E-state index contributed by atoms with van der Waals surface area (Å²) in [6.07, 6.45) is 1.67. The Morgan fingerprint density at radius 3 is 3.04 bits per heavy atom. The number of nitrogens with zero attached hydrogens (tertiary/aromatic N) is 2. The van der Waals surface area contributed by atoms with Gasteiger partial charge in [0.2, 0.25) is 0 Å². The number of benzene rings is 1. The van der Waals surface area contributed by atoms with Crippen LogP contribution in [0.15, 0.2) is 45.8 Å². The van der Waals surface area contributed by atoms with Gasteiger partial charge in [-0.2, -0.15) is 0 Å². The lowest BCUT2D eigenvalue weighted by Crippen LogP contribution is -2.35. The highest BCUT2D eigenvalue weighted by Crippen LogP contribution is 2.27. The van der Waals surface area contributed by atoms with Gasteiger partial charge in [0.05, 0.1) is 29.2 Å². The van der Waals surface area contributed by atoms with Gasteiger partial charge in [0, 0.05) is 30.7 Å². The van der Waals surface area contributed by atoms with Gasteiger partial charge < -0.3 is 19.9 Å². The number of fused-ring (bicyclic) bond motifs is 1. The molecular weight excluding hydrogens is 415 g/mol. The maximum atomic E-state index is 13.9. The van der Waals surface area contributed by atoms with Crippen LogP contribution in [-0.2, 0) is 11.8 Å². The Balaban J connectivity index is 1.77. The molecule has 1 saturated heterocycles. The molecule has 1 aromatic carbocycles. The number of aromatic nitrogens is 2. The summed E-state index contributed by atoms with van der Waals surface area (Å²) in [5.74, 6) is 0.187. The van der Waals surface area contributed by atoms with E-state index in [-0.39, 0.29) is 11.6 Å². The average Bonchev–Trinajstić information content (AvgIpc) is 2.69. The average molecular weight is 433 g/mol. The van der Waals surface area contributed by atoms with Crippen LogP contribution in [0.5, 0.6) is 0 Å². The summed E-state index contributed by atoms with van der Waals surface area (Å²) in [7, 11) is 1.62. The minimum Gasteiger partial charge on any atom is -0.378 e. The molecule has 1 atom stereocenters. The van der Waals surface area contributed by atoms with Crippen LogP contribution in [0.4, 0.5) is 15.9 Å². The van der Waals surface area contributed by atoms with Crippen molar-refractivity contribution in [3.8, 4) is 0 Å². The second-order valence-corrected chi connectivity index (χ2v) is 7.25. The fourth-order valence-electron chi connectivity index (χ4n) is 3.25. The van der Waals surface area contributed by atoms with Gasteiger partial charge in [-0.15, -0.1) is 0 Å². The highest BCUT2D eigenvalue weighted by Gasteiger charge is 2.20. The van der Waals surface area contributed by atoms with Crippen LogP contribution in [0.25, 0.3) is 10.9 Å². The lowest BCUT2D eigenvalue weighted by molar-refractivity contribution is 0.0770. The molecule has 0 radical (unpaired) electrons. The first-order valence-electron chi connectivity index (χ1n) is 8.56. The quantitative estimate of drug-likeness (QED) is 0.664. The molecule has 1 fully saturated rings. The number of halogens is 2. The van der Waals surface area contributed by atoms with Gasteiger partial charge in [0.1, 0.15) is 17.3 Å². The van der Waals surface area contributed by atoms with E-state index in [9.17, 15) is 9.18 Å². The Labute approximate surface area is 163 Å². The smallest absolute Gasteiger partial charge is 0.274 e. The van der Waals surface area contributed by atoms with Gasteiger partial charge in [0.25, 0.3) is 5.56 Å². The zero-order valence-electron chi connectivity index (χ0n) is 14.6. The first-order chi connectivity index (χ1) is 13.0. The number of pyridine rings is 2. The Bertz CT molecular complexity index is 1060. The van der Waals surface area contributed by atoms with Crippen molar-refractivity contribution in [1.29, 1.82) is 0 Å². The molecular formula is C19H18BrFN4O2. The Kier molecular flexibility index (Phi) is 4.94. The van der Waals surface area contributed by atoms with Crippen molar-refractivity contribution in [3.05, 3.63) is 62.7 Å². The number of morpholine rings is 1. The summed E-state index contributed by atoms with van der Waals surface area (Å²) in [6.45, 7) is 1.98. The van der Waals surface area contributed by atoms with Gasteiger partial charge in [-0.3, -0.25) is 4.79 Å². The second-order valence-electron chi connectivity index (χ2n) is 6.40. The molecule has 2 N–H and O–H groups in total. The zero-order valence-corrected chi connectivity index (χ0v) is 16.2. The molecule has 1 unspecified atom stereocenters. The number of hydrogen-bond acceptors (Lipinski definition) is 5. The van der Waals surface area contributed by atoms with Crippen molar-refractivity contribution in [1.82, 2.24) is 14.9 Å². The van der Waals surface area contributed by atoms with E-state index in [4.69, 9.17) is 4.74 Å². The summed E-state index contributed by atoms with van der Waals surface area (Å²) in [5, 5.41) is 7.29. The van der Waals surface area contributed by atoms with E-state index in [1.54, 1.807) is 25.4 Å². The third kappa shape index (κ3) is 3.47. The molecule has 0 amide bonds. The number of nitrogens with one attached hydrogen (secondary N) is 2. The Morgan fingerprint density at radius 1 is 1.41 bits per heavy atom. The zero-order chi connectivity index (χ0) is 19.0. The minimum atomic E-state index is -0.409. The lowest BCUT2D eigenvalue weighted by atomic mass is 10.1. The summed E-state index contributed by atoms with van der Waals surface area (Å²) >= 11 is 3.20. The normalized spacial score (nSPS) is 17.2. The van der Waals surface area contributed by atoms with Crippen molar-refractivity contribution < 1.29 is 9.13 Å². The van der Waals surface area contributed by atoms with E-state index in [2.05, 4.69) is 31.5 Å². The Morgan fingerprint density at radius 2 is 2.26 bits per heavy atom. The van der Waals surface area contributed by atoms with Crippen LogP contribution in [0.2, 0.25) is 0 Å². The molecule has 1 aliphatic heterocycles. The molecule has 27 heavy (non-hydrogen) atoms. The van der Waals surface area contributed by atoms with Crippen molar-refractivity contribution in [2.45, 2.75) is 6.04 Å². The molecule has 1 aliphatic rings. The number of anilines is 2. The van der Waals surface area contributed by atoms with E-state index < -0.39 is 5.82 Å². The summed E-state index contributed by atoms with van der Waals surface area (Å²) in [5.41, 5.74) is 1.57. The summed E-state index contributed by atoms with van der Waals surface area (Å²) in [6, 6.07) is 8.53. The van der Waals surface area contributed by atoms with E-state index >= 15 is 0 Å². The molecule has 3 aromatic rings. The topological polar surface area (TPSA) is 68.2 Å². The van der Waals surface area contributed by atoms with Crippen molar-refractivity contribution in [2.75, 3.05) is 25.1 Å². The van der Waals surface area contributed by atoms with Crippen molar-refractivity contribution in [2.24, 2.45) is 7.05 Å². The van der Waals surface area contributed by atoms with E-state index in [1.165, 1.54) is 10.6 Å². The van der Waals surface area contributed by atoms with Gasteiger partial charge in [-0.25, -0.2) is 9.37 Å². The number of ether oxygens (including phenoxy) is 1. The number of hydrogen-bond donors (Lipinski definition) is 2. The fraction of sp³-hybridized carbons (Fsp3) is 0.263. The predicted octanol–water partition coefficient (Wildman–Crippen LogP) is 3.24. The molecule has 0 saturated carbocycles. The highest BCUT2D eigenvalue weighted by molar-refractivity contribution is 9.10. The van der Waals surface area contributed by atoms with Crippen LogP contribution < -0.4 is 16.2 Å². The molecule has 8 heteroatoms. The molecule has 2 aromatic heterocycles. The Hall–Kier alpha value is -2.29. The van der Waals surface area contributed by atoms with Crippen LogP contribution >= 0.6 is 15.9 Å². The minimum absolute atomic E-state index is 0.00231. The third-order valence-corrected chi connectivity index (χ3v) is 5.26. The van der Waals surface area contributed by atoms with E-state index in [0.717, 1.165) is 17.5 Å². The van der Waals surface area contributed by atoms with Gasteiger partial charge >= 0.3 is 0 Å². The maximum Gasteiger partial charge on any atom is 0.274 e. The van der Waals surface area contributed by atoms with Gasteiger partial charge in [-0.05, 0) is 40.2 Å². The molecule has 6 nitrogen and oxygen atoms in total. The first kappa shape index (κ1) is 18.1. The molecule has 0 spiro atoms. The molecule has 3 heterocycles. The second kappa shape index (κ2) is 7.38. The maximum absolute atomic E-state index is 13.9. The van der Waals surface area contributed by atoms with Crippen LogP contribution in [0, 0.1) is 5.82 Å². The van der Waals surface area contributed by atoms with E-state index in [1.807, 2.05) is 12.1 Å². The highest BCUT2D eigenvalue weighted by atomic mass is 79.9. The molecule has 4 rings (SSSR count). The monoisotopic (exact) mass is 432 g/mol. The number of rotatable bonds is 3. The first-order valence-corrected chi connectivity index (χ1v) is 9.36. The van der Waals surface area contributed by atoms with Gasteiger partial charge in [0.15, 0.2) is 0 Å².